The zero-order valence-electron chi connectivity index (χ0n) is 15.1. The third kappa shape index (κ3) is 3.65. The average molecular weight is 407 g/mol. The highest BCUT2D eigenvalue weighted by Gasteiger charge is 2.28. The van der Waals surface area contributed by atoms with Crippen LogP contribution in [0.5, 0.6) is 11.5 Å². The van der Waals surface area contributed by atoms with Gasteiger partial charge in [0.05, 0.1) is 16.1 Å². The Hall–Kier alpha value is -3.78. The van der Waals surface area contributed by atoms with E-state index in [1.54, 1.807) is 6.08 Å². The molecule has 4 rings (SSSR count). The van der Waals surface area contributed by atoms with Crippen molar-refractivity contribution in [1.82, 2.24) is 0 Å². The number of carbonyl (C=O) groups excluding carboxylic acids is 2. The minimum Gasteiger partial charge on any atom is -0.452 e. The molecule has 7 nitrogen and oxygen atoms in total. The van der Waals surface area contributed by atoms with Crippen LogP contribution < -0.4 is 9.47 Å². The number of ether oxygens (including phenoxy) is 2. The highest BCUT2D eigenvalue weighted by atomic mass is 32.1. The molecule has 0 N–H and O–H groups in total. The van der Waals surface area contributed by atoms with Crippen LogP contribution in [0.1, 0.15) is 31.2 Å². The number of hydrogen-bond donors (Lipinski definition) is 0. The first-order chi connectivity index (χ1) is 13.9. The zero-order chi connectivity index (χ0) is 20.5. The predicted octanol–water partition coefficient (Wildman–Crippen LogP) is 4.80. The standard InChI is InChI=1S/C21H13NO6S/c1-12-8-9-29-19(12)11-18-20(23)16-7-6-15(10-17(16)28-18)27-21(24)13-2-4-14(5-3-13)22(25)26/h2-11H,1H3/b18-11-. The Morgan fingerprint density at radius 1 is 1.17 bits per heavy atom. The van der Waals surface area contributed by atoms with Gasteiger partial charge in [-0.2, -0.15) is 0 Å². The molecule has 1 aliphatic heterocycles. The Kier molecular flexibility index (Phi) is 4.69. The smallest absolute Gasteiger partial charge is 0.343 e. The summed E-state index contributed by atoms with van der Waals surface area (Å²) >= 11 is 1.51. The SMILES string of the molecule is Cc1ccsc1/C=C1\Oc2cc(OC(=O)c3ccc([N+](=O)[O-])cc3)ccc2C1=O. The van der Waals surface area contributed by atoms with Crippen LogP contribution in [0.25, 0.3) is 6.08 Å². The molecule has 3 aromatic rings. The van der Waals surface area contributed by atoms with Crippen molar-refractivity contribution in [3.8, 4) is 11.5 Å². The molecule has 0 amide bonds. The van der Waals surface area contributed by atoms with Crippen LogP contribution in [-0.4, -0.2) is 16.7 Å². The highest BCUT2D eigenvalue weighted by molar-refractivity contribution is 7.11. The van der Waals surface area contributed by atoms with Crippen molar-refractivity contribution >= 4 is 34.9 Å². The molecule has 0 radical (unpaired) electrons. The summed E-state index contributed by atoms with van der Waals surface area (Å²) in [6.07, 6.45) is 1.70. The molecule has 0 saturated heterocycles. The van der Waals surface area contributed by atoms with E-state index in [-0.39, 0.29) is 28.5 Å². The van der Waals surface area contributed by atoms with Gasteiger partial charge in [-0.3, -0.25) is 14.9 Å². The number of benzene rings is 2. The van der Waals surface area contributed by atoms with E-state index >= 15 is 0 Å². The second-order valence-electron chi connectivity index (χ2n) is 6.26. The Morgan fingerprint density at radius 3 is 2.59 bits per heavy atom. The summed E-state index contributed by atoms with van der Waals surface area (Å²) in [5, 5.41) is 12.6. The zero-order valence-corrected chi connectivity index (χ0v) is 15.9. The van der Waals surface area contributed by atoms with Gasteiger partial charge in [-0.05, 0) is 48.2 Å². The lowest BCUT2D eigenvalue weighted by molar-refractivity contribution is -0.384. The van der Waals surface area contributed by atoms with Crippen molar-refractivity contribution in [3.05, 3.63) is 91.4 Å². The molecular weight excluding hydrogens is 394 g/mol. The first-order valence-electron chi connectivity index (χ1n) is 8.51. The molecule has 8 heteroatoms. The van der Waals surface area contributed by atoms with E-state index in [2.05, 4.69) is 0 Å². The number of ketones is 1. The quantitative estimate of drug-likeness (QED) is 0.203. The maximum atomic E-state index is 12.5. The maximum absolute atomic E-state index is 12.5. The average Bonchev–Trinajstić information content (AvgIpc) is 3.25. The monoisotopic (exact) mass is 407 g/mol. The van der Waals surface area contributed by atoms with E-state index < -0.39 is 10.9 Å². The Balaban J connectivity index is 1.53. The van der Waals surface area contributed by atoms with Gasteiger partial charge in [-0.1, -0.05) is 0 Å². The number of aryl methyl sites for hydroxylation is 1. The van der Waals surface area contributed by atoms with Gasteiger partial charge in [0.2, 0.25) is 5.78 Å². The second-order valence-corrected chi connectivity index (χ2v) is 7.21. The largest absolute Gasteiger partial charge is 0.452 e. The molecule has 1 aliphatic rings. The van der Waals surface area contributed by atoms with Crippen molar-refractivity contribution in [2.75, 3.05) is 0 Å². The van der Waals surface area contributed by atoms with Crippen LogP contribution in [0.4, 0.5) is 5.69 Å². The van der Waals surface area contributed by atoms with Crippen molar-refractivity contribution in [1.29, 1.82) is 0 Å². The highest BCUT2D eigenvalue weighted by Crippen LogP contribution is 2.35. The normalized spacial score (nSPS) is 13.8. The number of rotatable bonds is 4. The number of allylic oxidation sites excluding steroid dienone is 1. The fourth-order valence-corrected chi connectivity index (χ4v) is 3.62. The first-order valence-corrected chi connectivity index (χ1v) is 9.39. The number of fused-ring (bicyclic) bond motifs is 1. The molecule has 0 fully saturated rings. The van der Waals surface area contributed by atoms with Crippen LogP contribution in [0.2, 0.25) is 0 Å². The molecule has 0 atom stereocenters. The van der Waals surface area contributed by atoms with E-state index in [1.807, 2.05) is 18.4 Å². The number of nitrogens with zero attached hydrogens (tertiary/aromatic N) is 1. The van der Waals surface area contributed by atoms with Crippen LogP contribution in [0, 0.1) is 17.0 Å². The third-order valence-corrected chi connectivity index (χ3v) is 5.30. The van der Waals surface area contributed by atoms with Crippen LogP contribution in [-0.2, 0) is 0 Å². The Morgan fingerprint density at radius 2 is 1.93 bits per heavy atom. The minimum atomic E-state index is -0.672. The number of esters is 1. The summed E-state index contributed by atoms with van der Waals surface area (Å²) in [5.41, 5.74) is 1.49. The van der Waals surface area contributed by atoms with E-state index in [1.165, 1.54) is 53.8 Å². The lowest BCUT2D eigenvalue weighted by atomic mass is 10.1. The minimum absolute atomic E-state index is 0.119. The molecule has 0 unspecified atom stereocenters. The molecule has 1 aromatic heterocycles. The number of Topliss-reactive ketones (excluding diaryl/α,β-unsaturated/α-hetero) is 1. The molecule has 0 spiro atoms. The number of nitro groups is 1. The van der Waals surface area contributed by atoms with Crippen LogP contribution in [0.3, 0.4) is 0 Å². The lowest BCUT2D eigenvalue weighted by Crippen LogP contribution is -2.08. The van der Waals surface area contributed by atoms with Crippen molar-refractivity contribution < 1.29 is 24.0 Å². The lowest BCUT2D eigenvalue weighted by Gasteiger charge is -2.05. The van der Waals surface area contributed by atoms with E-state index in [4.69, 9.17) is 9.47 Å². The first kappa shape index (κ1) is 18.6. The summed E-state index contributed by atoms with van der Waals surface area (Å²) < 4.78 is 11.0. The summed E-state index contributed by atoms with van der Waals surface area (Å²) in [6, 6.07) is 11.6. The maximum Gasteiger partial charge on any atom is 0.343 e. The van der Waals surface area contributed by atoms with Gasteiger partial charge in [-0.25, -0.2) is 4.79 Å². The number of nitro benzene ring substituents is 1. The molecule has 2 aromatic carbocycles. The number of thiophene rings is 1. The van der Waals surface area contributed by atoms with Crippen molar-refractivity contribution in [2.24, 2.45) is 0 Å². The number of carbonyl (C=O) groups is 2. The van der Waals surface area contributed by atoms with Gasteiger partial charge in [0.1, 0.15) is 11.5 Å². The van der Waals surface area contributed by atoms with E-state index in [0.29, 0.717) is 11.3 Å². The molecule has 0 saturated carbocycles. The Labute approximate surface area is 169 Å². The molecule has 29 heavy (non-hydrogen) atoms. The van der Waals surface area contributed by atoms with Gasteiger partial charge in [0.15, 0.2) is 5.76 Å². The third-order valence-electron chi connectivity index (χ3n) is 4.33. The van der Waals surface area contributed by atoms with Gasteiger partial charge >= 0.3 is 5.97 Å². The summed E-state index contributed by atoms with van der Waals surface area (Å²) in [5.74, 6) is -0.183. The molecule has 0 aliphatic carbocycles. The second kappa shape index (κ2) is 7.33. The van der Waals surface area contributed by atoms with E-state index in [9.17, 15) is 19.7 Å². The molecular formula is C21H13NO6S. The van der Waals surface area contributed by atoms with Crippen molar-refractivity contribution in [3.63, 3.8) is 0 Å². The summed E-state index contributed by atoms with van der Waals surface area (Å²) in [4.78, 5) is 35.9. The topological polar surface area (TPSA) is 95.7 Å². The molecule has 144 valence electrons. The van der Waals surface area contributed by atoms with Gasteiger partial charge in [0.25, 0.3) is 5.69 Å². The summed E-state index contributed by atoms with van der Waals surface area (Å²) in [7, 11) is 0. The van der Waals surface area contributed by atoms with Gasteiger partial charge in [0, 0.05) is 29.2 Å². The molecule has 2 heterocycles. The fraction of sp³-hybridized carbons (Fsp3) is 0.0476. The van der Waals surface area contributed by atoms with Crippen LogP contribution in [0.15, 0.2) is 59.7 Å². The number of hydrogen-bond acceptors (Lipinski definition) is 7. The van der Waals surface area contributed by atoms with Gasteiger partial charge < -0.3 is 9.47 Å². The fourth-order valence-electron chi connectivity index (χ4n) is 2.77. The summed E-state index contributed by atoms with van der Waals surface area (Å²) in [6.45, 7) is 1.95. The number of non-ortho nitro benzene ring substituents is 1. The van der Waals surface area contributed by atoms with Gasteiger partial charge in [-0.15, -0.1) is 11.3 Å². The Bertz CT molecular complexity index is 1180. The van der Waals surface area contributed by atoms with Crippen LogP contribution >= 0.6 is 11.3 Å². The van der Waals surface area contributed by atoms with E-state index in [0.717, 1.165) is 10.4 Å². The predicted molar refractivity (Wildman–Crippen MR) is 106 cm³/mol. The molecule has 0 bridgehead atoms. The van der Waals surface area contributed by atoms with Crippen molar-refractivity contribution in [2.45, 2.75) is 6.92 Å².